The van der Waals surface area contributed by atoms with Gasteiger partial charge >= 0.3 is 10.2 Å². The second kappa shape index (κ2) is 12.5. The van der Waals surface area contributed by atoms with Crippen LogP contribution in [0.15, 0.2) is 36.4 Å². The molecule has 1 fully saturated rings. The Morgan fingerprint density at radius 3 is 2.45 bits per heavy atom. The van der Waals surface area contributed by atoms with Crippen LogP contribution in [0.2, 0.25) is 0 Å². The number of nitrogens with one attached hydrogen (secondary N) is 1. The van der Waals surface area contributed by atoms with E-state index >= 15 is 0 Å². The van der Waals surface area contributed by atoms with Crippen LogP contribution in [-0.2, 0) is 16.8 Å². The van der Waals surface area contributed by atoms with E-state index in [-0.39, 0.29) is 18.6 Å². The van der Waals surface area contributed by atoms with Crippen molar-refractivity contribution in [3.8, 4) is 17.0 Å². The Bertz CT molecular complexity index is 1640. The van der Waals surface area contributed by atoms with Crippen molar-refractivity contribution in [1.82, 2.24) is 23.4 Å². The standard InChI is InChI=1S/C34H47N5O4S/c1-23(2)38-17-15-36(4)27-21-39-30-20-26(34(40)35-44(41,42)37(5)16-18-38)12-14-28(30)32(25-9-7-6-8-10-25)33(39)29-13-11-24(3)19-31(29)43-22-27/h11-14,19-20,23,25,27H,6-10,15-18,21-22H2,1-5H3,(H,35,40). The maximum atomic E-state index is 13.5. The minimum atomic E-state index is -4.01. The average Bonchev–Trinajstić information content (AvgIpc) is 3.29. The van der Waals surface area contributed by atoms with E-state index < -0.39 is 16.1 Å². The molecule has 3 aromatic rings. The molecule has 1 atom stereocenters. The lowest BCUT2D eigenvalue weighted by Crippen LogP contribution is -2.48. The number of aryl methyl sites for hydroxylation is 1. The fourth-order valence-electron chi connectivity index (χ4n) is 7.20. The summed E-state index contributed by atoms with van der Waals surface area (Å²) in [6.07, 6.45) is 5.94. The Balaban J connectivity index is 1.57. The predicted octanol–water partition coefficient (Wildman–Crippen LogP) is 4.99. The van der Waals surface area contributed by atoms with Gasteiger partial charge in [-0.25, -0.2) is 4.72 Å². The van der Waals surface area contributed by atoms with Gasteiger partial charge in [-0.1, -0.05) is 31.4 Å². The maximum Gasteiger partial charge on any atom is 0.303 e. The molecule has 0 spiro atoms. The molecule has 44 heavy (non-hydrogen) atoms. The highest BCUT2D eigenvalue weighted by atomic mass is 32.2. The molecule has 6 rings (SSSR count). The highest BCUT2D eigenvalue weighted by Gasteiger charge is 2.32. The zero-order chi connectivity index (χ0) is 31.2. The number of aromatic nitrogens is 1. The summed E-state index contributed by atoms with van der Waals surface area (Å²) in [5.41, 5.74) is 6.07. The van der Waals surface area contributed by atoms with E-state index in [1.54, 1.807) is 6.07 Å². The number of carbonyl (C=O) groups excluding carboxylic acids is 1. The molecule has 4 bridgehead atoms. The summed E-state index contributed by atoms with van der Waals surface area (Å²) in [5.74, 6) is 0.699. The van der Waals surface area contributed by atoms with Crippen LogP contribution >= 0.6 is 0 Å². The van der Waals surface area contributed by atoms with Gasteiger partial charge in [0.15, 0.2) is 0 Å². The van der Waals surface area contributed by atoms with Crippen LogP contribution in [0.4, 0.5) is 0 Å². The lowest BCUT2D eigenvalue weighted by atomic mass is 9.81. The monoisotopic (exact) mass is 621 g/mol. The zero-order valence-corrected chi connectivity index (χ0v) is 27.6. The first kappa shape index (κ1) is 31.1. The first-order valence-electron chi connectivity index (χ1n) is 16.2. The molecule has 9 nitrogen and oxygen atoms in total. The van der Waals surface area contributed by atoms with Gasteiger partial charge in [-0.05, 0) is 82.0 Å². The number of ether oxygens (including phenoxy) is 1. The molecular weight excluding hydrogens is 574 g/mol. The maximum absolute atomic E-state index is 13.5. The van der Waals surface area contributed by atoms with Gasteiger partial charge in [-0.15, -0.1) is 0 Å². The van der Waals surface area contributed by atoms with E-state index in [2.05, 4.69) is 65.1 Å². The molecule has 3 aliphatic rings. The van der Waals surface area contributed by atoms with Crippen molar-refractivity contribution in [3.05, 3.63) is 53.1 Å². The third-order valence-corrected chi connectivity index (χ3v) is 11.5. The van der Waals surface area contributed by atoms with E-state index in [1.807, 2.05) is 12.1 Å². The quantitative estimate of drug-likeness (QED) is 0.434. The van der Waals surface area contributed by atoms with Gasteiger partial charge in [0.25, 0.3) is 5.91 Å². The van der Waals surface area contributed by atoms with E-state index in [9.17, 15) is 13.2 Å². The van der Waals surface area contributed by atoms with Crippen LogP contribution in [-0.4, -0.2) is 92.0 Å². The summed E-state index contributed by atoms with van der Waals surface area (Å²) >= 11 is 0. The Morgan fingerprint density at radius 2 is 1.70 bits per heavy atom. The summed E-state index contributed by atoms with van der Waals surface area (Å²) in [7, 11) is -0.318. The van der Waals surface area contributed by atoms with Crippen LogP contribution in [0, 0.1) is 6.92 Å². The number of carbonyl (C=O) groups is 1. The molecule has 2 aromatic carbocycles. The predicted molar refractivity (Wildman–Crippen MR) is 176 cm³/mol. The average molecular weight is 622 g/mol. The van der Waals surface area contributed by atoms with Crippen molar-refractivity contribution >= 4 is 27.0 Å². The molecule has 1 unspecified atom stereocenters. The SMILES string of the molecule is Cc1ccc2c(c1)OCC1Cn3c-2c(C2CCCCC2)c2ccc(cc23)C(=O)NS(=O)(=O)N(C)CCN(C(C)C)CCN1C. The molecule has 1 amide bonds. The minimum Gasteiger partial charge on any atom is -0.491 e. The lowest BCUT2D eigenvalue weighted by molar-refractivity contribution is 0.0978. The minimum absolute atomic E-state index is 0.0969. The second-order valence-electron chi connectivity index (χ2n) is 13.3. The zero-order valence-electron chi connectivity index (χ0n) is 26.8. The molecule has 1 aromatic heterocycles. The highest BCUT2D eigenvalue weighted by Crippen LogP contribution is 2.47. The number of amides is 1. The van der Waals surface area contributed by atoms with E-state index in [1.165, 1.54) is 41.9 Å². The summed E-state index contributed by atoms with van der Waals surface area (Å²) in [6.45, 7) is 10.1. The normalized spacial score (nSPS) is 23.0. The van der Waals surface area contributed by atoms with Crippen LogP contribution < -0.4 is 9.46 Å². The summed E-state index contributed by atoms with van der Waals surface area (Å²) in [5, 5.41) is 1.14. The summed E-state index contributed by atoms with van der Waals surface area (Å²) in [4.78, 5) is 18.2. The molecule has 0 radical (unpaired) electrons. The number of fused-ring (bicyclic) bond motifs is 4. The van der Waals surface area contributed by atoms with Gasteiger partial charge < -0.3 is 9.30 Å². The number of likely N-dealkylation sites (N-methyl/N-ethyl adjacent to an activating group) is 2. The first-order chi connectivity index (χ1) is 21.0. The van der Waals surface area contributed by atoms with Gasteiger partial charge in [0.05, 0.1) is 11.7 Å². The Kier molecular flexibility index (Phi) is 8.80. The molecule has 3 heterocycles. The number of hydrogen-bond donors (Lipinski definition) is 1. The second-order valence-corrected chi connectivity index (χ2v) is 15.0. The summed E-state index contributed by atoms with van der Waals surface area (Å²) in [6, 6.07) is 12.6. The fraction of sp³-hybridized carbons (Fsp3) is 0.559. The molecule has 2 aliphatic heterocycles. The van der Waals surface area contributed by atoms with Crippen LogP contribution in [0.1, 0.15) is 73.4 Å². The van der Waals surface area contributed by atoms with Crippen molar-refractivity contribution in [2.24, 2.45) is 0 Å². The van der Waals surface area contributed by atoms with Gasteiger partial charge in [0.1, 0.15) is 12.4 Å². The van der Waals surface area contributed by atoms with Gasteiger partial charge in [-0.2, -0.15) is 12.7 Å². The number of hydrogen-bond acceptors (Lipinski definition) is 6. The molecular formula is C34H47N5O4S. The van der Waals surface area contributed by atoms with Crippen molar-refractivity contribution in [1.29, 1.82) is 0 Å². The molecule has 0 saturated heterocycles. The number of benzene rings is 2. The fourth-order valence-corrected chi connectivity index (χ4v) is 8.03. The lowest BCUT2D eigenvalue weighted by Gasteiger charge is -2.35. The largest absolute Gasteiger partial charge is 0.491 e. The molecule has 10 heteroatoms. The Hall–Kier alpha value is -2.92. The van der Waals surface area contributed by atoms with Crippen molar-refractivity contribution in [2.45, 2.75) is 77.4 Å². The van der Waals surface area contributed by atoms with E-state index in [0.29, 0.717) is 31.2 Å². The van der Waals surface area contributed by atoms with Gasteiger partial charge in [0.2, 0.25) is 0 Å². The molecule has 1 saturated carbocycles. The van der Waals surface area contributed by atoms with Gasteiger partial charge in [-0.3, -0.25) is 14.6 Å². The third-order valence-electron chi connectivity index (χ3n) is 10.0. The van der Waals surface area contributed by atoms with Gasteiger partial charge in [0, 0.05) is 67.8 Å². The van der Waals surface area contributed by atoms with Crippen molar-refractivity contribution in [3.63, 3.8) is 0 Å². The van der Waals surface area contributed by atoms with Crippen LogP contribution in [0.25, 0.3) is 22.2 Å². The topological polar surface area (TPSA) is 87.1 Å². The number of rotatable bonds is 2. The Morgan fingerprint density at radius 1 is 0.955 bits per heavy atom. The molecule has 1 aliphatic carbocycles. The van der Waals surface area contributed by atoms with Crippen LogP contribution in [0.5, 0.6) is 5.75 Å². The number of nitrogens with zero attached hydrogens (tertiary/aromatic N) is 4. The Labute approximate surface area is 262 Å². The third kappa shape index (κ3) is 6.01. The molecule has 1 N–H and O–H groups in total. The first-order valence-corrected chi connectivity index (χ1v) is 17.6. The smallest absolute Gasteiger partial charge is 0.303 e. The highest BCUT2D eigenvalue weighted by molar-refractivity contribution is 7.87. The molecule has 238 valence electrons. The summed E-state index contributed by atoms with van der Waals surface area (Å²) < 4.78 is 39.1. The van der Waals surface area contributed by atoms with E-state index in [4.69, 9.17) is 4.74 Å². The van der Waals surface area contributed by atoms with Crippen molar-refractivity contribution in [2.75, 3.05) is 46.9 Å². The van der Waals surface area contributed by atoms with Crippen molar-refractivity contribution < 1.29 is 17.9 Å². The van der Waals surface area contributed by atoms with Crippen LogP contribution in [0.3, 0.4) is 0 Å². The van der Waals surface area contributed by atoms with E-state index in [0.717, 1.165) is 53.7 Å².